The maximum Gasteiger partial charge on any atom is 0.243 e. The van der Waals surface area contributed by atoms with Crippen molar-refractivity contribution in [3.05, 3.63) is 23.2 Å². The summed E-state index contributed by atoms with van der Waals surface area (Å²) >= 11 is 11.7. The second kappa shape index (κ2) is 7.17. The highest BCUT2D eigenvalue weighted by Crippen LogP contribution is 2.28. The number of rotatable bonds is 4. The molecule has 1 fully saturated rings. The molecule has 8 heteroatoms. The van der Waals surface area contributed by atoms with Crippen LogP contribution in [0.25, 0.3) is 0 Å². The number of sulfonamides is 1. The number of halogens is 2. The molecule has 0 unspecified atom stereocenters. The van der Waals surface area contributed by atoms with Crippen LogP contribution in [0.3, 0.4) is 0 Å². The molecule has 0 spiro atoms. The van der Waals surface area contributed by atoms with E-state index in [1.54, 1.807) is 0 Å². The largest absolute Gasteiger partial charge is 0.323 e. The Kier molecular flexibility index (Phi) is 5.71. The molecule has 0 saturated carbocycles. The summed E-state index contributed by atoms with van der Waals surface area (Å²) in [5.74, 6) is -0.434. The summed E-state index contributed by atoms with van der Waals surface area (Å²) in [7, 11) is -3.57. The lowest BCUT2D eigenvalue weighted by atomic mass is 10.2. The van der Waals surface area contributed by atoms with Gasteiger partial charge in [0.05, 0.1) is 15.6 Å². The molecular weight excluding hydrogens is 347 g/mol. The Labute approximate surface area is 140 Å². The predicted molar refractivity (Wildman–Crippen MR) is 88.0 cm³/mol. The van der Waals surface area contributed by atoms with Gasteiger partial charge in [-0.25, -0.2) is 8.42 Å². The van der Waals surface area contributed by atoms with Crippen molar-refractivity contribution in [2.75, 3.05) is 18.4 Å². The van der Waals surface area contributed by atoms with E-state index in [1.165, 1.54) is 29.4 Å². The number of carbonyl (C=O) groups excluding carboxylic acids is 1. The SMILES string of the molecule is C[C@@H](Cl)C(=O)Nc1cc(S(=O)(=O)N2CCCCC2)ccc1Cl. The molecule has 22 heavy (non-hydrogen) atoms. The molecule has 0 radical (unpaired) electrons. The Morgan fingerprint density at radius 2 is 1.91 bits per heavy atom. The van der Waals surface area contributed by atoms with E-state index in [-0.39, 0.29) is 15.6 Å². The van der Waals surface area contributed by atoms with E-state index < -0.39 is 21.3 Å². The Morgan fingerprint density at radius 3 is 2.50 bits per heavy atom. The van der Waals surface area contributed by atoms with Gasteiger partial charge in [-0.1, -0.05) is 18.0 Å². The van der Waals surface area contributed by atoms with Gasteiger partial charge in [-0.2, -0.15) is 4.31 Å². The van der Waals surface area contributed by atoms with Crippen molar-refractivity contribution in [3.8, 4) is 0 Å². The van der Waals surface area contributed by atoms with Crippen LogP contribution in [0, 0.1) is 0 Å². The zero-order valence-electron chi connectivity index (χ0n) is 12.2. The number of carbonyl (C=O) groups is 1. The number of nitrogens with zero attached hydrogens (tertiary/aromatic N) is 1. The number of nitrogens with one attached hydrogen (secondary N) is 1. The van der Waals surface area contributed by atoms with Crippen LogP contribution >= 0.6 is 23.2 Å². The van der Waals surface area contributed by atoms with Gasteiger partial charge in [0, 0.05) is 13.1 Å². The lowest BCUT2D eigenvalue weighted by Gasteiger charge is -2.26. The second-order valence-corrected chi connectivity index (χ2v) is 8.21. The van der Waals surface area contributed by atoms with Gasteiger partial charge >= 0.3 is 0 Å². The highest BCUT2D eigenvalue weighted by atomic mass is 35.5. The molecule has 0 aliphatic carbocycles. The first-order valence-electron chi connectivity index (χ1n) is 7.07. The van der Waals surface area contributed by atoms with E-state index >= 15 is 0 Å². The summed E-state index contributed by atoms with van der Waals surface area (Å²) in [6, 6.07) is 4.29. The molecule has 122 valence electrons. The van der Waals surface area contributed by atoms with Gasteiger partial charge in [-0.15, -0.1) is 11.6 Å². The van der Waals surface area contributed by atoms with Gasteiger partial charge in [0.1, 0.15) is 5.38 Å². The molecule has 1 aromatic carbocycles. The van der Waals surface area contributed by atoms with Gasteiger partial charge in [0.25, 0.3) is 0 Å². The fourth-order valence-electron chi connectivity index (χ4n) is 2.25. The summed E-state index contributed by atoms with van der Waals surface area (Å²) in [5, 5.41) is 2.07. The lowest BCUT2D eigenvalue weighted by molar-refractivity contribution is -0.115. The van der Waals surface area contributed by atoms with E-state index in [0.717, 1.165) is 19.3 Å². The van der Waals surface area contributed by atoms with Crippen molar-refractivity contribution in [2.45, 2.75) is 36.5 Å². The fraction of sp³-hybridized carbons (Fsp3) is 0.500. The number of piperidine rings is 1. The molecule has 1 aliphatic heterocycles. The van der Waals surface area contributed by atoms with Crippen molar-refractivity contribution in [1.82, 2.24) is 4.31 Å². The second-order valence-electron chi connectivity index (χ2n) is 5.21. The summed E-state index contributed by atoms with van der Waals surface area (Å²) in [4.78, 5) is 11.8. The number of alkyl halides is 1. The zero-order chi connectivity index (χ0) is 16.3. The average Bonchev–Trinajstić information content (AvgIpc) is 2.50. The quantitative estimate of drug-likeness (QED) is 0.834. The van der Waals surface area contributed by atoms with Crippen LogP contribution in [-0.2, 0) is 14.8 Å². The van der Waals surface area contributed by atoms with E-state index in [1.807, 2.05) is 0 Å². The topological polar surface area (TPSA) is 66.5 Å². The Balaban J connectivity index is 2.30. The normalized spacial score (nSPS) is 18.0. The lowest BCUT2D eigenvalue weighted by Crippen LogP contribution is -2.35. The molecular formula is C14H18Cl2N2O3S. The highest BCUT2D eigenvalue weighted by molar-refractivity contribution is 7.89. The molecule has 1 saturated heterocycles. The maximum atomic E-state index is 12.6. The van der Waals surface area contributed by atoms with E-state index in [0.29, 0.717) is 13.1 Å². The van der Waals surface area contributed by atoms with Gasteiger partial charge in [0.2, 0.25) is 15.9 Å². The summed E-state index contributed by atoms with van der Waals surface area (Å²) < 4.78 is 26.7. The first kappa shape index (κ1) is 17.5. The number of amides is 1. The van der Waals surface area contributed by atoms with Crippen molar-refractivity contribution >= 4 is 44.8 Å². The van der Waals surface area contributed by atoms with Gasteiger partial charge in [-0.05, 0) is 38.0 Å². The Hall–Kier alpha value is -0.820. The third-order valence-electron chi connectivity index (χ3n) is 3.51. The standard InChI is InChI=1S/C14H18Cl2N2O3S/c1-10(15)14(19)17-13-9-11(5-6-12(13)16)22(20,21)18-7-3-2-4-8-18/h5-6,9-10H,2-4,7-8H2,1H3,(H,17,19)/t10-/m1/s1. The molecule has 1 amide bonds. The molecule has 1 N–H and O–H groups in total. The van der Waals surface area contributed by atoms with Crippen LogP contribution in [0.5, 0.6) is 0 Å². The maximum absolute atomic E-state index is 12.6. The van der Waals surface area contributed by atoms with Crippen molar-refractivity contribution in [3.63, 3.8) is 0 Å². The van der Waals surface area contributed by atoms with E-state index in [9.17, 15) is 13.2 Å². The number of hydrogen-bond acceptors (Lipinski definition) is 3. The van der Waals surface area contributed by atoms with Crippen molar-refractivity contribution in [1.29, 1.82) is 0 Å². The average molecular weight is 365 g/mol. The highest BCUT2D eigenvalue weighted by Gasteiger charge is 2.26. The molecule has 0 bridgehead atoms. The predicted octanol–water partition coefficient (Wildman–Crippen LogP) is 3.08. The molecule has 1 heterocycles. The minimum absolute atomic E-state index is 0.122. The van der Waals surface area contributed by atoms with Crippen LogP contribution in [0.2, 0.25) is 5.02 Å². The van der Waals surface area contributed by atoms with E-state index in [2.05, 4.69) is 5.32 Å². The third-order valence-corrected chi connectivity index (χ3v) is 5.93. The number of anilines is 1. The monoisotopic (exact) mass is 364 g/mol. The molecule has 5 nitrogen and oxygen atoms in total. The van der Waals surface area contributed by atoms with Gasteiger partial charge in [-0.3, -0.25) is 4.79 Å². The van der Waals surface area contributed by atoms with Crippen LogP contribution in [0.1, 0.15) is 26.2 Å². The summed E-state index contributed by atoms with van der Waals surface area (Å²) in [6.45, 7) is 2.57. The van der Waals surface area contributed by atoms with Crippen LogP contribution in [0.4, 0.5) is 5.69 Å². The first-order valence-corrected chi connectivity index (χ1v) is 9.32. The van der Waals surface area contributed by atoms with Crippen LogP contribution in [0.15, 0.2) is 23.1 Å². The first-order chi connectivity index (χ1) is 10.3. The molecule has 1 atom stereocenters. The van der Waals surface area contributed by atoms with Crippen molar-refractivity contribution < 1.29 is 13.2 Å². The number of benzene rings is 1. The number of hydrogen-bond donors (Lipinski definition) is 1. The fourth-order valence-corrected chi connectivity index (χ4v) is 4.01. The zero-order valence-corrected chi connectivity index (χ0v) is 14.5. The molecule has 0 aromatic heterocycles. The van der Waals surface area contributed by atoms with Gasteiger partial charge in [0.15, 0.2) is 0 Å². The van der Waals surface area contributed by atoms with Crippen molar-refractivity contribution in [2.24, 2.45) is 0 Å². The van der Waals surface area contributed by atoms with Gasteiger partial charge < -0.3 is 5.32 Å². The molecule has 2 rings (SSSR count). The Bertz CT molecular complexity index is 656. The molecule has 1 aliphatic rings. The summed E-state index contributed by atoms with van der Waals surface area (Å²) in [5.41, 5.74) is 0.247. The smallest absolute Gasteiger partial charge is 0.243 e. The minimum atomic E-state index is -3.57. The summed E-state index contributed by atoms with van der Waals surface area (Å²) in [6.07, 6.45) is 2.77. The Morgan fingerprint density at radius 1 is 1.27 bits per heavy atom. The van der Waals surface area contributed by atoms with Crippen LogP contribution in [-0.4, -0.2) is 37.1 Å². The third kappa shape index (κ3) is 3.93. The van der Waals surface area contributed by atoms with Crippen LogP contribution < -0.4 is 5.32 Å². The van der Waals surface area contributed by atoms with E-state index in [4.69, 9.17) is 23.2 Å². The minimum Gasteiger partial charge on any atom is -0.323 e. The molecule has 1 aromatic rings.